The molecule has 2 heteroatoms. The second kappa shape index (κ2) is 5.13. The summed E-state index contributed by atoms with van der Waals surface area (Å²) in [7, 11) is 0. The van der Waals surface area contributed by atoms with E-state index in [0.29, 0.717) is 0 Å². The van der Waals surface area contributed by atoms with Crippen molar-refractivity contribution in [1.29, 1.82) is 0 Å². The second-order valence-electron chi connectivity index (χ2n) is 4.96. The van der Waals surface area contributed by atoms with E-state index in [1.807, 2.05) is 0 Å². The van der Waals surface area contributed by atoms with Gasteiger partial charge in [0.05, 0.1) is 0 Å². The lowest BCUT2D eigenvalue weighted by Crippen LogP contribution is -2.40. The summed E-state index contributed by atoms with van der Waals surface area (Å²) < 4.78 is 0. The lowest BCUT2D eigenvalue weighted by atomic mass is 10.0. The third-order valence-corrected chi connectivity index (χ3v) is 3.87. The van der Waals surface area contributed by atoms with Crippen LogP contribution in [0.2, 0.25) is 0 Å². The van der Waals surface area contributed by atoms with Gasteiger partial charge in [-0.1, -0.05) is 6.42 Å². The number of hydrogen-bond donors (Lipinski definition) is 1. The highest BCUT2D eigenvalue weighted by atomic mass is 15.2. The predicted octanol–water partition coefficient (Wildman–Crippen LogP) is 2.00. The van der Waals surface area contributed by atoms with Crippen LogP contribution in [0.4, 0.5) is 0 Å². The molecule has 2 nitrogen and oxygen atoms in total. The maximum Gasteiger partial charge on any atom is 0.00797 e. The fourth-order valence-corrected chi connectivity index (χ4v) is 2.81. The Hall–Kier alpha value is -0.0800. The normalized spacial score (nSPS) is 34.9. The van der Waals surface area contributed by atoms with Crippen molar-refractivity contribution < 1.29 is 0 Å². The van der Waals surface area contributed by atoms with Crippen molar-refractivity contribution >= 4 is 0 Å². The molecular weight excluding hydrogens is 172 g/mol. The quantitative estimate of drug-likeness (QED) is 0.743. The van der Waals surface area contributed by atoms with Crippen LogP contribution in [0.3, 0.4) is 0 Å². The summed E-state index contributed by atoms with van der Waals surface area (Å²) >= 11 is 0. The first-order chi connectivity index (χ1) is 6.86. The number of likely N-dealkylation sites (tertiary alicyclic amines) is 1. The predicted molar refractivity (Wildman–Crippen MR) is 60.5 cm³/mol. The van der Waals surface area contributed by atoms with Crippen LogP contribution in [0.5, 0.6) is 0 Å². The van der Waals surface area contributed by atoms with Crippen molar-refractivity contribution in [2.24, 2.45) is 0 Å². The molecule has 0 aromatic carbocycles. The molecule has 2 aliphatic rings. The monoisotopic (exact) mass is 196 g/mol. The number of piperidine rings is 1. The summed E-state index contributed by atoms with van der Waals surface area (Å²) in [4.78, 5) is 2.68. The van der Waals surface area contributed by atoms with Crippen molar-refractivity contribution in [1.82, 2.24) is 10.2 Å². The lowest BCUT2D eigenvalue weighted by molar-refractivity contribution is 0.154. The van der Waals surface area contributed by atoms with Gasteiger partial charge in [-0.15, -0.1) is 0 Å². The Kier molecular flexibility index (Phi) is 3.82. The fraction of sp³-hybridized carbons (Fsp3) is 1.00. The van der Waals surface area contributed by atoms with E-state index in [9.17, 15) is 0 Å². The molecule has 82 valence electrons. The van der Waals surface area contributed by atoms with Gasteiger partial charge in [0.1, 0.15) is 0 Å². The maximum atomic E-state index is 3.58. The SMILES string of the molecule is CC1CCCCN1CCC1CCCN1. The molecule has 2 heterocycles. The zero-order valence-corrected chi connectivity index (χ0v) is 9.47. The third-order valence-electron chi connectivity index (χ3n) is 3.87. The van der Waals surface area contributed by atoms with Gasteiger partial charge >= 0.3 is 0 Å². The molecule has 0 spiro atoms. The maximum absolute atomic E-state index is 3.58. The Morgan fingerprint density at radius 2 is 2.14 bits per heavy atom. The van der Waals surface area contributed by atoms with Gasteiger partial charge < -0.3 is 10.2 Å². The molecule has 2 fully saturated rings. The first-order valence-electron chi connectivity index (χ1n) is 6.33. The van der Waals surface area contributed by atoms with Crippen LogP contribution in [0, 0.1) is 0 Å². The van der Waals surface area contributed by atoms with Gasteiger partial charge in [-0.25, -0.2) is 0 Å². The Morgan fingerprint density at radius 1 is 1.21 bits per heavy atom. The molecule has 0 aromatic rings. The Labute approximate surface area is 88.1 Å². The van der Waals surface area contributed by atoms with Gasteiger partial charge in [-0.2, -0.15) is 0 Å². The second-order valence-corrected chi connectivity index (χ2v) is 4.96. The fourth-order valence-electron chi connectivity index (χ4n) is 2.81. The van der Waals surface area contributed by atoms with Crippen LogP contribution in [-0.2, 0) is 0 Å². The van der Waals surface area contributed by atoms with Crippen molar-refractivity contribution in [3.05, 3.63) is 0 Å². The Bertz CT molecular complexity index is 164. The van der Waals surface area contributed by atoms with Crippen molar-refractivity contribution in [2.75, 3.05) is 19.6 Å². The van der Waals surface area contributed by atoms with E-state index in [1.54, 1.807) is 0 Å². The van der Waals surface area contributed by atoms with Gasteiger partial charge in [0, 0.05) is 12.1 Å². The van der Waals surface area contributed by atoms with Crippen LogP contribution in [0.15, 0.2) is 0 Å². The average Bonchev–Trinajstić information content (AvgIpc) is 2.69. The van der Waals surface area contributed by atoms with Crippen LogP contribution in [0.1, 0.15) is 45.4 Å². The van der Waals surface area contributed by atoms with Gasteiger partial charge in [0.15, 0.2) is 0 Å². The van der Waals surface area contributed by atoms with Gasteiger partial charge in [0.2, 0.25) is 0 Å². The molecule has 0 amide bonds. The number of hydrogen-bond acceptors (Lipinski definition) is 2. The Balaban J connectivity index is 1.67. The minimum atomic E-state index is 0.823. The van der Waals surface area contributed by atoms with Crippen LogP contribution >= 0.6 is 0 Å². The minimum Gasteiger partial charge on any atom is -0.314 e. The standard InChI is InChI=1S/C12H24N2/c1-11-5-2-3-9-14(11)10-7-12-6-4-8-13-12/h11-13H,2-10H2,1H3. The molecule has 0 aromatic heterocycles. The molecule has 0 aliphatic carbocycles. The molecule has 1 N–H and O–H groups in total. The average molecular weight is 196 g/mol. The summed E-state index contributed by atoms with van der Waals surface area (Å²) in [6, 6.07) is 1.66. The molecule has 2 aliphatic heterocycles. The van der Waals surface area contributed by atoms with E-state index in [0.717, 1.165) is 12.1 Å². The summed E-state index contributed by atoms with van der Waals surface area (Å²) in [6.45, 7) is 6.30. The van der Waals surface area contributed by atoms with Crippen LogP contribution in [0.25, 0.3) is 0 Å². The molecule has 2 saturated heterocycles. The highest BCUT2D eigenvalue weighted by Gasteiger charge is 2.20. The highest BCUT2D eigenvalue weighted by Crippen LogP contribution is 2.18. The summed E-state index contributed by atoms with van der Waals surface area (Å²) in [6.07, 6.45) is 8.44. The minimum absolute atomic E-state index is 0.823. The van der Waals surface area contributed by atoms with E-state index in [2.05, 4.69) is 17.1 Å². The van der Waals surface area contributed by atoms with Crippen molar-refractivity contribution in [3.63, 3.8) is 0 Å². The van der Waals surface area contributed by atoms with Crippen molar-refractivity contribution in [2.45, 2.75) is 57.5 Å². The zero-order valence-electron chi connectivity index (χ0n) is 9.47. The van der Waals surface area contributed by atoms with Crippen LogP contribution < -0.4 is 5.32 Å². The summed E-state index contributed by atoms with van der Waals surface area (Å²) in [5, 5.41) is 3.58. The largest absolute Gasteiger partial charge is 0.314 e. The smallest absolute Gasteiger partial charge is 0.00797 e. The molecule has 0 bridgehead atoms. The summed E-state index contributed by atoms with van der Waals surface area (Å²) in [5.74, 6) is 0. The molecule has 14 heavy (non-hydrogen) atoms. The number of nitrogens with zero attached hydrogens (tertiary/aromatic N) is 1. The first-order valence-corrected chi connectivity index (χ1v) is 6.33. The van der Waals surface area contributed by atoms with Crippen molar-refractivity contribution in [3.8, 4) is 0 Å². The van der Waals surface area contributed by atoms with E-state index < -0.39 is 0 Å². The molecular formula is C12H24N2. The summed E-state index contributed by atoms with van der Waals surface area (Å²) in [5.41, 5.74) is 0. The molecule has 2 rings (SSSR count). The zero-order chi connectivity index (χ0) is 9.80. The van der Waals surface area contributed by atoms with Gasteiger partial charge in [0.25, 0.3) is 0 Å². The number of nitrogens with one attached hydrogen (secondary N) is 1. The molecule has 0 saturated carbocycles. The molecule has 0 radical (unpaired) electrons. The topological polar surface area (TPSA) is 15.3 Å². The van der Waals surface area contributed by atoms with E-state index in [4.69, 9.17) is 0 Å². The first kappa shape index (κ1) is 10.4. The Morgan fingerprint density at radius 3 is 2.86 bits per heavy atom. The molecule has 2 atom stereocenters. The third kappa shape index (κ3) is 2.71. The van der Waals surface area contributed by atoms with Gasteiger partial charge in [-0.05, 0) is 58.7 Å². The lowest BCUT2D eigenvalue weighted by Gasteiger charge is -2.33. The highest BCUT2D eigenvalue weighted by molar-refractivity contribution is 4.78. The van der Waals surface area contributed by atoms with E-state index in [1.165, 1.54) is 58.2 Å². The van der Waals surface area contributed by atoms with Gasteiger partial charge in [-0.3, -0.25) is 0 Å². The van der Waals surface area contributed by atoms with E-state index >= 15 is 0 Å². The van der Waals surface area contributed by atoms with E-state index in [-0.39, 0.29) is 0 Å². The van der Waals surface area contributed by atoms with Crippen LogP contribution in [-0.4, -0.2) is 36.6 Å². The number of rotatable bonds is 3. The molecule has 2 unspecified atom stereocenters.